The van der Waals surface area contributed by atoms with Crippen LogP contribution in [0.1, 0.15) is 28.4 Å². The molecule has 134 valence electrons. The number of halogens is 1. The van der Waals surface area contributed by atoms with Crippen molar-refractivity contribution in [1.82, 2.24) is 15.0 Å². The summed E-state index contributed by atoms with van der Waals surface area (Å²) in [6.07, 6.45) is 2.55. The van der Waals surface area contributed by atoms with Crippen molar-refractivity contribution in [2.75, 3.05) is 13.1 Å². The van der Waals surface area contributed by atoms with Gasteiger partial charge in [-0.05, 0) is 42.3 Å². The molecule has 0 radical (unpaired) electrons. The van der Waals surface area contributed by atoms with Crippen LogP contribution in [0.25, 0.3) is 11.4 Å². The van der Waals surface area contributed by atoms with Crippen LogP contribution in [0.3, 0.4) is 0 Å². The SMILES string of the molecule is O=C(c1cccs1)N1CCC[C@H](Cc2nc(-c3ccccc3F)no2)C1. The first-order chi connectivity index (χ1) is 12.7. The van der Waals surface area contributed by atoms with Gasteiger partial charge in [-0.15, -0.1) is 11.3 Å². The fraction of sp³-hybridized carbons (Fsp3) is 0.316. The number of carbonyl (C=O) groups is 1. The standard InChI is InChI=1S/C19H18FN3O2S/c20-15-7-2-1-6-14(15)18-21-17(25-22-18)11-13-5-3-9-23(12-13)19(24)16-8-4-10-26-16/h1-2,4,6-8,10,13H,3,5,9,11-12H2/t13-/m1/s1. The molecule has 1 aromatic carbocycles. The van der Waals surface area contributed by atoms with E-state index in [0.717, 1.165) is 24.3 Å². The van der Waals surface area contributed by atoms with Gasteiger partial charge in [0.2, 0.25) is 11.7 Å². The normalized spacial score (nSPS) is 17.4. The summed E-state index contributed by atoms with van der Waals surface area (Å²) < 4.78 is 19.2. The number of aromatic nitrogens is 2. The summed E-state index contributed by atoms with van der Waals surface area (Å²) in [7, 11) is 0. The topological polar surface area (TPSA) is 59.2 Å². The minimum Gasteiger partial charge on any atom is -0.339 e. The second-order valence-electron chi connectivity index (χ2n) is 6.43. The Bertz CT molecular complexity index is 894. The summed E-state index contributed by atoms with van der Waals surface area (Å²) in [5, 5.41) is 5.82. The molecule has 1 aliphatic rings. The van der Waals surface area contributed by atoms with Crippen LogP contribution in [0.15, 0.2) is 46.3 Å². The van der Waals surface area contributed by atoms with Crippen LogP contribution in [-0.4, -0.2) is 34.0 Å². The number of carbonyl (C=O) groups excluding carboxylic acids is 1. The fourth-order valence-corrected chi connectivity index (χ4v) is 4.00. The van der Waals surface area contributed by atoms with Crippen LogP contribution in [0.2, 0.25) is 0 Å². The molecule has 1 saturated heterocycles. The fourth-order valence-electron chi connectivity index (χ4n) is 3.31. The van der Waals surface area contributed by atoms with Crippen molar-refractivity contribution >= 4 is 17.2 Å². The molecular formula is C19H18FN3O2S. The minimum absolute atomic E-state index is 0.0854. The quantitative estimate of drug-likeness (QED) is 0.695. The molecule has 0 unspecified atom stereocenters. The average molecular weight is 371 g/mol. The predicted molar refractivity (Wildman–Crippen MR) is 96.3 cm³/mol. The highest BCUT2D eigenvalue weighted by atomic mass is 32.1. The first-order valence-electron chi connectivity index (χ1n) is 8.61. The number of hydrogen-bond acceptors (Lipinski definition) is 5. The van der Waals surface area contributed by atoms with Crippen LogP contribution >= 0.6 is 11.3 Å². The molecule has 0 N–H and O–H groups in total. The van der Waals surface area contributed by atoms with Crippen LogP contribution in [0, 0.1) is 11.7 Å². The molecular weight excluding hydrogens is 353 g/mol. The van der Waals surface area contributed by atoms with Gasteiger partial charge in [-0.3, -0.25) is 4.79 Å². The van der Waals surface area contributed by atoms with E-state index in [9.17, 15) is 9.18 Å². The molecule has 0 aliphatic carbocycles. The van der Waals surface area contributed by atoms with Gasteiger partial charge in [0.05, 0.1) is 10.4 Å². The molecule has 5 nitrogen and oxygen atoms in total. The van der Waals surface area contributed by atoms with Crippen molar-refractivity contribution in [2.24, 2.45) is 5.92 Å². The predicted octanol–water partition coefficient (Wildman–Crippen LogP) is 4.03. The van der Waals surface area contributed by atoms with E-state index >= 15 is 0 Å². The third-order valence-electron chi connectivity index (χ3n) is 4.58. The Kier molecular flexibility index (Phi) is 4.79. The molecule has 1 amide bonds. The zero-order valence-corrected chi connectivity index (χ0v) is 14.9. The van der Waals surface area contributed by atoms with E-state index < -0.39 is 0 Å². The highest BCUT2D eigenvalue weighted by molar-refractivity contribution is 7.12. The number of hydrogen-bond donors (Lipinski definition) is 0. The van der Waals surface area contributed by atoms with E-state index in [0.29, 0.717) is 24.4 Å². The first-order valence-corrected chi connectivity index (χ1v) is 9.49. The average Bonchev–Trinajstić information content (AvgIpc) is 3.34. The summed E-state index contributed by atoms with van der Waals surface area (Å²) in [5.74, 6) is 0.730. The molecule has 4 rings (SSSR count). The van der Waals surface area contributed by atoms with Crippen molar-refractivity contribution < 1.29 is 13.7 Å². The van der Waals surface area contributed by atoms with Crippen molar-refractivity contribution in [3.05, 3.63) is 58.4 Å². The minimum atomic E-state index is -0.370. The van der Waals surface area contributed by atoms with Gasteiger partial charge in [0.1, 0.15) is 5.82 Å². The van der Waals surface area contributed by atoms with Gasteiger partial charge in [0, 0.05) is 19.5 Å². The monoisotopic (exact) mass is 371 g/mol. The van der Waals surface area contributed by atoms with E-state index in [-0.39, 0.29) is 23.5 Å². The Balaban J connectivity index is 1.43. The lowest BCUT2D eigenvalue weighted by Crippen LogP contribution is -2.40. The van der Waals surface area contributed by atoms with E-state index in [4.69, 9.17) is 4.52 Å². The van der Waals surface area contributed by atoms with Crippen molar-refractivity contribution in [2.45, 2.75) is 19.3 Å². The molecule has 7 heteroatoms. The highest BCUT2D eigenvalue weighted by Gasteiger charge is 2.26. The Morgan fingerprint density at radius 1 is 1.31 bits per heavy atom. The van der Waals surface area contributed by atoms with Gasteiger partial charge < -0.3 is 9.42 Å². The lowest BCUT2D eigenvalue weighted by Gasteiger charge is -2.31. The van der Waals surface area contributed by atoms with Crippen molar-refractivity contribution in [1.29, 1.82) is 0 Å². The first kappa shape index (κ1) is 16.9. The molecule has 3 aromatic rings. The summed E-state index contributed by atoms with van der Waals surface area (Å²) in [6.45, 7) is 1.45. The van der Waals surface area contributed by atoms with Crippen molar-refractivity contribution in [3.63, 3.8) is 0 Å². The van der Waals surface area contributed by atoms with Crippen LogP contribution < -0.4 is 0 Å². The molecule has 0 bridgehead atoms. The third kappa shape index (κ3) is 3.53. The highest BCUT2D eigenvalue weighted by Crippen LogP contribution is 2.25. The molecule has 1 fully saturated rings. The van der Waals surface area contributed by atoms with Gasteiger partial charge in [0.25, 0.3) is 5.91 Å². The van der Waals surface area contributed by atoms with Crippen LogP contribution in [0.5, 0.6) is 0 Å². The second-order valence-corrected chi connectivity index (χ2v) is 7.38. The molecule has 1 aliphatic heterocycles. The largest absolute Gasteiger partial charge is 0.339 e. The maximum Gasteiger partial charge on any atom is 0.263 e. The zero-order chi connectivity index (χ0) is 17.9. The Hall–Kier alpha value is -2.54. The lowest BCUT2D eigenvalue weighted by atomic mass is 9.94. The Labute approximate surface area is 154 Å². The van der Waals surface area contributed by atoms with Gasteiger partial charge >= 0.3 is 0 Å². The Morgan fingerprint density at radius 3 is 3.00 bits per heavy atom. The summed E-state index contributed by atoms with van der Waals surface area (Å²) in [5.41, 5.74) is 0.334. The molecule has 3 heterocycles. The molecule has 26 heavy (non-hydrogen) atoms. The van der Waals surface area contributed by atoms with Gasteiger partial charge in [-0.2, -0.15) is 4.98 Å². The molecule has 1 atom stereocenters. The summed E-state index contributed by atoms with van der Waals surface area (Å²) in [6, 6.07) is 10.1. The number of piperidine rings is 1. The number of nitrogens with zero attached hydrogens (tertiary/aromatic N) is 3. The van der Waals surface area contributed by atoms with E-state index in [2.05, 4.69) is 10.1 Å². The second kappa shape index (κ2) is 7.37. The number of rotatable bonds is 4. The molecule has 2 aromatic heterocycles. The third-order valence-corrected chi connectivity index (χ3v) is 5.44. The molecule has 0 spiro atoms. The maximum atomic E-state index is 13.9. The number of likely N-dealkylation sites (tertiary alicyclic amines) is 1. The van der Waals surface area contributed by atoms with E-state index in [1.54, 1.807) is 18.2 Å². The van der Waals surface area contributed by atoms with Crippen molar-refractivity contribution in [3.8, 4) is 11.4 Å². The van der Waals surface area contributed by atoms with Gasteiger partial charge in [0.15, 0.2) is 0 Å². The molecule has 0 saturated carbocycles. The van der Waals surface area contributed by atoms with Crippen LogP contribution in [0.4, 0.5) is 4.39 Å². The van der Waals surface area contributed by atoms with Crippen LogP contribution in [-0.2, 0) is 6.42 Å². The summed E-state index contributed by atoms with van der Waals surface area (Å²) in [4.78, 5) is 19.5. The van der Waals surface area contributed by atoms with Gasteiger partial charge in [-0.25, -0.2) is 4.39 Å². The number of amides is 1. The lowest BCUT2D eigenvalue weighted by molar-refractivity contribution is 0.0673. The summed E-state index contributed by atoms with van der Waals surface area (Å²) >= 11 is 1.46. The zero-order valence-electron chi connectivity index (χ0n) is 14.1. The van der Waals surface area contributed by atoms with Gasteiger partial charge in [-0.1, -0.05) is 23.4 Å². The smallest absolute Gasteiger partial charge is 0.263 e. The Morgan fingerprint density at radius 2 is 2.19 bits per heavy atom. The number of benzene rings is 1. The van der Waals surface area contributed by atoms with E-state index in [1.165, 1.54) is 17.4 Å². The number of thiophene rings is 1. The maximum absolute atomic E-state index is 13.9. The van der Waals surface area contributed by atoms with E-state index in [1.807, 2.05) is 22.4 Å².